The Labute approximate surface area is 96.5 Å². The Morgan fingerprint density at radius 3 is 2.93 bits per heavy atom. The Balaban J connectivity index is 2.48. The van der Waals surface area contributed by atoms with Crippen LogP contribution in [0, 0.1) is 0 Å². The highest BCUT2D eigenvalue weighted by atomic mass is 32.2. The molecule has 15 heavy (non-hydrogen) atoms. The third-order valence-electron chi connectivity index (χ3n) is 2.19. The topological polar surface area (TPSA) is 43.8 Å². The zero-order valence-electron chi connectivity index (χ0n) is 9.65. The molecule has 1 rings (SSSR count). The van der Waals surface area contributed by atoms with Gasteiger partial charge in [-0.25, -0.2) is 4.98 Å². The van der Waals surface area contributed by atoms with Crippen molar-refractivity contribution in [2.24, 2.45) is 5.73 Å². The van der Waals surface area contributed by atoms with Gasteiger partial charge in [0.25, 0.3) is 0 Å². The number of rotatable bonds is 7. The van der Waals surface area contributed by atoms with E-state index in [0.29, 0.717) is 0 Å². The van der Waals surface area contributed by atoms with Crippen molar-refractivity contribution in [1.29, 1.82) is 0 Å². The van der Waals surface area contributed by atoms with Gasteiger partial charge in [0.1, 0.15) is 5.82 Å². The lowest BCUT2D eigenvalue weighted by Crippen LogP contribution is -2.19. The van der Waals surface area contributed by atoms with Crippen LogP contribution in [0.25, 0.3) is 0 Å². The lowest BCUT2D eigenvalue weighted by molar-refractivity contribution is 0.603. The monoisotopic (exact) mass is 227 g/mol. The largest absolute Gasteiger partial charge is 0.334 e. The maximum Gasteiger partial charge on any atom is 0.126 e. The third-order valence-corrected chi connectivity index (χ3v) is 3.48. The lowest BCUT2D eigenvalue weighted by atomic mass is 10.3. The standard InChI is InChI=1S/C11H21N3S/c1-3-6-14-7-5-13-11(14)10(12)9-15-8-4-2/h5,7,10H,3-4,6,8-9,12H2,1-2H3. The third kappa shape index (κ3) is 3.87. The highest BCUT2D eigenvalue weighted by molar-refractivity contribution is 7.99. The second kappa shape index (κ2) is 6.90. The number of nitrogens with two attached hydrogens (primary N) is 1. The van der Waals surface area contributed by atoms with E-state index < -0.39 is 0 Å². The Bertz CT molecular complexity index is 273. The van der Waals surface area contributed by atoms with E-state index in [1.165, 1.54) is 12.2 Å². The first kappa shape index (κ1) is 12.6. The van der Waals surface area contributed by atoms with Crippen molar-refractivity contribution in [3.8, 4) is 0 Å². The molecular formula is C11H21N3S. The first-order valence-corrected chi connectivity index (χ1v) is 6.79. The number of hydrogen-bond donors (Lipinski definition) is 1. The Morgan fingerprint density at radius 1 is 1.47 bits per heavy atom. The van der Waals surface area contributed by atoms with Gasteiger partial charge in [-0.05, 0) is 18.6 Å². The SMILES string of the molecule is CCCSCC(N)c1nccn1CCC. The van der Waals surface area contributed by atoms with Crippen LogP contribution >= 0.6 is 11.8 Å². The quantitative estimate of drug-likeness (QED) is 0.728. The molecule has 3 nitrogen and oxygen atoms in total. The molecule has 0 aliphatic rings. The van der Waals surface area contributed by atoms with Gasteiger partial charge >= 0.3 is 0 Å². The van der Waals surface area contributed by atoms with E-state index in [0.717, 1.165) is 24.5 Å². The summed E-state index contributed by atoms with van der Waals surface area (Å²) in [6, 6.07) is 0.0723. The smallest absolute Gasteiger partial charge is 0.126 e. The van der Waals surface area contributed by atoms with Crippen LogP contribution in [0.3, 0.4) is 0 Å². The summed E-state index contributed by atoms with van der Waals surface area (Å²) in [5.74, 6) is 3.18. The molecule has 0 radical (unpaired) electrons. The van der Waals surface area contributed by atoms with Crippen LogP contribution in [0.4, 0.5) is 0 Å². The molecule has 0 aliphatic heterocycles. The van der Waals surface area contributed by atoms with Crippen molar-refractivity contribution in [2.75, 3.05) is 11.5 Å². The molecule has 1 aromatic heterocycles. The van der Waals surface area contributed by atoms with E-state index in [1.807, 2.05) is 24.2 Å². The number of aromatic nitrogens is 2. The minimum absolute atomic E-state index is 0.0723. The molecule has 0 bridgehead atoms. The summed E-state index contributed by atoms with van der Waals surface area (Å²) in [7, 11) is 0. The molecule has 86 valence electrons. The summed E-state index contributed by atoms with van der Waals surface area (Å²) >= 11 is 1.91. The predicted molar refractivity (Wildman–Crippen MR) is 67.1 cm³/mol. The molecule has 2 N–H and O–H groups in total. The van der Waals surface area contributed by atoms with Crippen LogP contribution in [-0.2, 0) is 6.54 Å². The number of nitrogens with zero attached hydrogens (tertiary/aromatic N) is 2. The average Bonchev–Trinajstić information content (AvgIpc) is 2.67. The minimum atomic E-state index is 0.0723. The number of imidazole rings is 1. The molecule has 1 atom stereocenters. The van der Waals surface area contributed by atoms with Crippen molar-refractivity contribution in [3.05, 3.63) is 18.2 Å². The van der Waals surface area contributed by atoms with E-state index in [2.05, 4.69) is 23.4 Å². The van der Waals surface area contributed by atoms with Crippen LogP contribution in [0.2, 0.25) is 0 Å². The van der Waals surface area contributed by atoms with Crippen LogP contribution in [0.1, 0.15) is 38.6 Å². The summed E-state index contributed by atoms with van der Waals surface area (Å²) in [6.07, 6.45) is 6.19. The summed E-state index contributed by atoms with van der Waals surface area (Å²) in [5.41, 5.74) is 6.11. The fourth-order valence-electron chi connectivity index (χ4n) is 1.51. The van der Waals surface area contributed by atoms with Crippen LogP contribution in [-0.4, -0.2) is 21.1 Å². The first-order valence-electron chi connectivity index (χ1n) is 5.63. The number of aryl methyl sites for hydroxylation is 1. The molecule has 0 aromatic carbocycles. The van der Waals surface area contributed by atoms with Gasteiger partial charge in [-0.2, -0.15) is 11.8 Å². The fraction of sp³-hybridized carbons (Fsp3) is 0.727. The van der Waals surface area contributed by atoms with Crippen molar-refractivity contribution in [3.63, 3.8) is 0 Å². The Morgan fingerprint density at radius 2 is 2.27 bits per heavy atom. The van der Waals surface area contributed by atoms with Gasteiger partial charge in [0.15, 0.2) is 0 Å². The van der Waals surface area contributed by atoms with E-state index in [-0.39, 0.29) is 6.04 Å². The zero-order valence-corrected chi connectivity index (χ0v) is 10.5. The molecule has 0 saturated heterocycles. The number of thioether (sulfide) groups is 1. The summed E-state index contributed by atoms with van der Waals surface area (Å²) in [4.78, 5) is 4.34. The maximum absolute atomic E-state index is 6.11. The summed E-state index contributed by atoms with van der Waals surface area (Å²) in [5, 5.41) is 0. The molecule has 0 aliphatic carbocycles. The average molecular weight is 227 g/mol. The van der Waals surface area contributed by atoms with Gasteiger partial charge in [0.2, 0.25) is 0 Å². The summed E-state index contributed by atoms with van der Waals surface area (Å²) < 4.78 is 2.16. The van der Waals surface area contributed by atoms with Gasteiger partial charge < -0.3 is 10.3 Å². The van der Waals surface area contributed by atoms with E-state index in [4.69, 9.17) is 5.73 Å². The second-order valence-corrected chi connectivity index (χ2v) is 4.81. The van der Waals surface area contributed by atoms with Crippen LogP contribution in [0.15, 0.2) is 12.4 Å². The summed E-state index contributed by atoms with van der Waals surface area (Å²) in [6.45, 7) is 5.37. The van der Waals surface area contributed by atoms with E-state index >= 15 is 0 Å². The maximum atomic E-state index is 6.11. The van der Waals surface area contributed by atoms with Crippen LogP contribution < -0.4 is 5.73 Å². The first-order chi connectivity index (χ1) is 7.29. The highest BCUT2D eigenvalue weighted by Crippen LogP contribution is 2.15. The lowest BCUT2D eigenvalue weighted by Gasteiger charge is -2.13. The minimum Gasteiger partial charge on any atom is -0.334 e. The van der Waals surface area contributed by atoms with Crippen molar-refractivity contribution < 1.29 is 0 Å². The molecule has 0 saturated carbocycles. The molecule has 1 heterocycles. The van der Waals surface area contributed by atoms with Crippen molar-refractivity contribution in [1.82, 2.24) is 9.55 Å². The molecule has 1 unspecified atom stereocenters. The molecule has 1 aromatic rings. The Hall–Kier alpha value is -0.480. The predicted octanol–water partition coefficient (Wildman–Crippen LogP) is 2.44. The number of hydrogen-bond acceptors (Lipinski definition) is 3. The zero-order chi connectivity index (χ0) is 11.1. The Kier molecular flexibility index (Phi) is 5.79. The fourth-order valence-corrected chi connectivity index (χ4v) is 2.37. The van der Waals surface area contributed by atoms with Gasteiger partial charge in [-0.3, -0.25) is 0 Å². The van der Waals surface area contributed by atoms with Crippen molar-refractivity contribution >= 4 is 11.8 Å². The highest BCUT2D eigenvalue weighted by Gasteiger charge is 2.11. The molecule has 0 fully saturated rings. The molecular weight excluding hydrogens is 206 g/mol. The normalized spacial score (nSPS) is 13.0. The van der Waals surface area contributed by atoms with E-state index in [9.17, 15) is 0 Å². The van der Waals surface area contributed by atoms with Crippen molar-refractivity contribution in [2.45, 2.75) is 39.3 Å². The second-order valence-electron chi connectivity index (χ2n) is 3.66. The van der Waals surface area contributed by atoms with Crippen LogP contribution in [0.5, 0.6) is 0 Å². The molecule has 4 heteroatoms. The van der Waals surface area contributed by atoms with Gasteiger partial charge in [-0.15, -0.1) is 0 Å². The van der Waals surface area contributed by atoms with Gasteiger partial charge in [-0.1, -0.05) is 13.8 Å². The van der Waals surface area contributed by atoms with Gasteiger partial charge in [0.05, 0.1) is 6.04 Å². The van der Waals surface area contributed by atoms with E-state index in [1.54, 1.807) is 0 Å². The molecule has 0 spiro atoms. The molecule has 0 amide bonds. The van der Waals surface area contributed by atoms with Gasteiger partial charge in [0, 0.05) is 24.7 Å².